The van der Waals surface area contributed by atoms with Gasteiger partial charge in [0.15, 0.2) is 0 Å². The number of aliphatic hydroxyl groups excluding tert-OH is 1. The summed E-state index contributed by atoms with van der Waals surface area (Å²) in [6, 6.07) is 0. The molecule has 0 aromatic carbocycles. The van der Waals surface area contributed by atoms with Crippen LogP contribution in [0.5, 0.6) is 0 Å². The van der Waals surface area contributed by atoms with Gasteiger partial charge in [-0.15, -0.1) is 0 Å². The number of aliphatic hydroxyl groups is 1. The Labute approximate surface area is 51.6 Å². The van der Waals surface area contributed by atoms with Gasteiger partial charge in [0.05, 0.1) is 6.42 Å². The number of hydrogen-bond donors (Lipinski definition) is 3. The van der Waals surface area contributed by atoms with Crippen molar-refractivity contribution in [1.29, 1.82) is 0 Å². The molecule has 0 spiro atoms. The molecule has 0 bridgehead atoms. The van der Waals surface area contributed by atoms with Gasteiger partial charge in [-0.2, -0.15) is 0 Å². The predicted molar refractivity (Wildman–Crippen MR) is 28.7 cm³/mol. The maximum atomic E-state index is 9.97. The van der Waals surface area contributed by atoms with E-state index in [2.05, 4.69) is 11.5 Å². The second-order valence-corrected chi connectivity index (χ2v) is 1.42. The fourth-order valence-corrected chi connectivity index (χ4v) is 0.238. The maximum absolute atomic E-state index is 9.97. The Kier molecular flexibility index (Phi) is 2.66. The molecule has 0 fully saturated rings. The van der Waals surface area contributed by atoms with E-state index in [1.807, 2.05) is 0 Å². The van der Waals surface area contributed by atoms with Gasteiger partial charge in [-0.1, -0.05) is 0 Å². The summed E-state index contributed by atoms with van der Waals surface area (Å²) in [4.78, 5) is 19.9. The third-order valence-electron chi connectivity index (χ3n) is 0.614. The van der Waals surface area contributed by atoms with E-state index in [1.165, 1.54) is 0 Å². The second kappa shape index (κ2) is 3.03. The Morgan fingerprint density at radius 1 is 1.44 bits per heavy atom. The zero-order valence-corrected chi connectivity index (χ0v) is 4.57. The van der Waals surface area contributed by atoms with E-state index in [0.717, 1.165) is 0 Å². The molecule has 1 radical (unpaired) electrons. The van der Waals surface area contributed by atoms with Crippen molar-refractivity contribution in [2.24, 2.45) is 11.5 Å². The number of primary amides is 2. The largest absolute Gasteiger partial charge is 0.382 e. The van der Waals surface area contributed by atoms with Gasteiger partial charge < -0.3 is 16.6 Å². The van der Waals surface area contributed by atoms with Gasteiger partial charge in [0.25, 0.3) is 0 Å². The summed E-state index contributed by atoms with van der Waals surface area (Å²) >= 11 is 0. The number of nitrogens with two attached hydrogens (primary N) is 2. The summed E-state index contributed by atoms with van der Waals surface area (Å²) in [5, 5.41) is 8.47. The van der Waals surface area contributed by atoms with Crippen molar-refractivity contribution in [3.05, 3.63) is 6.42 Å². The van der Waals surface area contributed by atoms with Crippen LogP contribution in [0, 0.1) is 6.42 Å². The first kappa shape index (κ1) is 7.90. The smallest absolute Gasteiger partial charge is 0.247 e. The van der Waals surface area contributed by atoms with Crippen LogP contribution in [-0.4, -0.2) is 23.0 Å². The van der Waals surface area contributed by atoms with Gasteiger partial charge in [-0.05, 0) is 0 Å². The standard InChI is InChI=1S/C4H7N2O3/c5-3(8)1-2(7)4(6)9/h1-2,7H,(H2,5,8)(H2,6,9)/t2-/m0/s1. The van der Waals surface area contributed by atoms with Crippen molar-refractivity contribution in [2.75, 3.05) is 0 Å². The van der Waals surface area contributed by atoms with E-state index < -0.39 is 17.9 Å². The lowest BCUT2D eigenvalue weighted by Crippen LogP contribution is -2.33. The third kappa shape index (κ3) is 3.48. The zero-order valence-electron chi connectivity index (χ0n) is 4.57. The monoisotopic (exact) mass is 131 g/mol. The molecule has 0 rings (SSSR count). The van der Waals surface area contributed by atoms with Crippen LogP contribution in [0.2, 0.25) is 0 Å². The second-order valence-electron chi connectivity index (χ2n) is 1.42. The fraction of sp³-hybridized carbons (Fsp3) is 0.250. The van der Waals surface area contributed by atoms with Crippen LogP contribution in [0.25, 0.3) is 0 Å². The lowest BCUT2D eigenvalue weighted by molar-refractivity contribution is -0.127. The average molecular weight is 131 g/mol. The highest BCUT2D eigenvalue weighted by molar-refractivity contribution is 5.92. The fourth-order valence-electron chi connectivity index (χ4n) is 0.238. The summed E-state index contributed by atoms with van der Waals surface area (Å²) in [5.74, 6) is -1.87. The van der Waals surface area contributed by atoms with E-state index in [4.69, 9.17) is 5.11 Å². The van der Waals surface area contributed by atoms with Crippen LogP contribution in [0.4, 0.5) is 0 Å². The van der Waals surface area contributed by atoms with Crippen molar-refractivity contribution in [1.82, 2.24) is 0 Å². The normalized spacial score (nSPS) is 12.6. The summed E-state index contributed by atoms with van der Waals surface area (Å²) in [7, 11) is 0. The van der Waals surface area contributed by atoms with Crippen LogP contribution in [-0.2, 0) is 9.59 Å². The molecule has 0 aliphatic carbocycles. The van der Waals surface area contributed by atoms with E-state index >= 15 is 0 Å². The number of hydrogen-bond acceptors (Lipinski definition) is 3. The van der Waals surface area contributed by atoms with E-state index in [1.54, 1.807) is 0 Å². The number of carbonyl (C=O) groups is 2. The minimum atomic E-state index is -1.57. The van der Waals surface area contributed by atoms with E-state index in [0.29, 0.717) is 6.42 Å². The highest BCUT2D eigenvalue weighted by Gasteiger charge is 2.13. The van der Waals surface area contributed by atoms with E-state index in [9.17, 15) is 9.59 Å². The van der Waals surface area contributed by atoms with Crippen LogP contribution in [0.3, 0.4) is 0 Å². The molecule has 5 nitrogen and oxygen atoms in total. The molecule has 0 unspecified atom stereocenters. The zero-order chi connectivity index (χ0) is 7.44. The third-order valence-corrected chi connectivity index (χ3v) is 0.614. The lowest BCUT2D eigenvalue weighted by atomic mass is 10.2. The summed E-state index contributed by atoms with van der Waals surface area (Å²) in [6.45, 7) is 0. The van der Waals surface area contributed by atoms with Gasteiger partial charge in [0.2, 0.25) is 11.8 Å². The molecule has 51 valence electrons. The quantitative estimate of drug-likeness (QED) is 0.394. The van der Waals surface area contributed by atoms with Crippen LogP contribution >= 0.6 is 0 Å². The minimum absolute atomic E-state index is 0.627. The van der Waals surface area contributed by atoms with Crippen molar-refractivity contribution in [3.63, 3.8) is 0 Å². The first-order valence-electron chi connectivity index (χ1n) is 2.15. The van der Waals surface area contributed by atoms with Crippen molar-refractivity contribution >= 4 is 11.8 Å². The molecule has 5 N–H and O–H groups in total. The lowest BCUT2D eigenvalue weighted by Gasteiger charge is -1.99. The van der Waals surface area contributed by atoms with Crippen molar-refractivity contribution in [3.8, 4) is 0 Å². The molecule has 0 aromatic heterocycles. The van der Waals surface area contributed by atoms with Gasteiger partial charge in [0.1, 0.15) is 6.10 Å². The van der Waals surface area contributed by atoms with Gasteiger partial charge in [-0.25, -0.2) is 0 Å². The summed E-state index contributed by atoms with van der Waals surface area (Å²) in [6.07, 6.45) is -0.940. The molecule has 1 atom stereocenters. The minimum Gasteiger partial charge on any atom is -0.382 e. The van der Waals surface area contributed by atoms with Gasteiger partial charge >= 0.3 is 0 Å². The Bertz CT molecular complexity index is 134. The first-order valence-corrected chi connectivity index (χ1v) is 2.15. The Morgan fingerprint density at radius 3 is 2.00 bits per heavy atom. The molecule has 0 aliphatic heterocycles. The molecule has 0 aromatic rings. The first-order chi connectivity index (χ1) is 4.04. The molecule has 5 heteroatoms. The summed E-state index contributed by atoms with van der Waals surface area (Å²) in [5.41, 5.74) is 9.13. The molecular weight excluding hydrogens is 124 g/mol. The van der Waals surface area contributed by atoms with Crippen LogP contribution in [0.1, 0.15) is 0 Å². The molecule has 0 heterocycles. The van der Waals surface area contributed by atoms with Gasteiger partial charge in [-0.3, -0.25) is 9.59 Å². The van der Waals surface area contributed by atoms with E-state index in [-0.39, 0.29) is 0 Å². The topological polar surface area (TPSA) is 106 Å². The predicted octanol–water partition coefficient (Wildman–Crippen LogP) is -2.48. The highest BCUT2D eigenvalue weighted by Crippen LogP contribution is 1.84. The van der Waals surface area contributed by atoms with Crippen LogP contribution < -0.4 is 11.5 Å². The molecular formula is C4H7N2O3. The Hall–Kier alpha value is -1.10. The maximum Gasteiger partial charge on any atom is 0.247 e. The number of amides is 2. The molecule has 2 amide bonds. The Balaban J connectivity index is 3.63. The summed E-state index contributed by atoms with van der Waals surface area (Å²) < 4.78 is 0. The van der Waals surface area contributed by atoms with Gasteiger partial charge in [0, 0.05) is 0 Å². The average Bonchev–Trinajstić information content (AvgIpc) is 1.63. The molecule has 0 saturated heterocycles. The molecule has 0 aliphatic rings. The van der Waals surface area contributed by atoms with Crippen molar-refractivity contribution < 1.29 is 14.7 Å². The van der Waals surface area contributed by atoms with Crippen molar-refractivity contribution in [2.45, 2.75) is 6.10 Å². The number of carbonyl (C=O) groups excluding carboxylic acids is 2. The molecule has 9 heavy (non-hydrogen) atoms. The van der Waals surface area contributed by atoms with Crippen LogP contribution in [0.15, 0.2) is 0 Å². The molecule has 0 saturated carbocycles. The Morgan fingerprint density at radius 2 is 1.89 bits per heavy atom. The number of rotatable bonds is 3. The highest BCUT2D eigenvalue weighted by atomic mass is 16.3. The SMILES string of the molecule is NC(=O)[CH][C@H](O)C(N)=O.